The van der Waals surface area contributed by atoms with E-state index in [1.54, 1.807) is 25.4 Å². The molecular weight excluding hydrogens is 439 g/mol. The third-order valence-corrected chi connectivity index (χ3v) is 5.40. The number of aromatic nitrogens is 5. The van der Waals surface area contributed by atoms with Crippen LogP contribution in [0.4, 0.5) is 13.2 Å². The van der Waals surface area contributed by atoms with Crippen molar-refractivity contribution in [2.24, 2.45) is 0 Å². The lowest BCUT2D eigenvalue weighted by Crippen LogP contribution is -2.10. The number of thioether (sulfide) groups is 2. The Kier molecular flexibility index (Phi) is 7.32. The molecule has 0 aliphatic rings. The van der Waals surface area contributed by atoms with Crippen LogP contribution in [-0.2, 0) is 21.5 Å². The van der Waals surface area contributed by atoms with Gasteiger partial charge in [0.2, 0.25) is 0 Å². The molecule has 2 heterocycles. The Bertz CT molecular complexity index is 999. The second-order valence-corrected chi connectivity index (χ2v) is 7.58. The molecule has 0 unspecified atom stereocenters. The van der Waals surface area contributed by atoms with Crippen LogP contribution < -0.4 is 0 Å². The van der Waals surface area contributed by atoms with Gasteiger partial charge in [0.15, 0.2) is 10.3 Å². The van der Waals surface area contributed by atoms with E-state index in [2.05, 4.69) is 20.2 Å². The summed E-state index contributed by atoms with van der Waals surface area (Å²) in [5, 5.41) is 8.95. The maximum Gasteiger partial charge on any atom is 0.416 e. The minimum atomic E-state index is -4.49. The first kappa shape index (κ1) is 22.1. The number of ether oxygens (including phenoxy) is 1. The summed E-state index contributed by atoms with van der Waals surface area (Å²) in [6.07, 6.45) is -1.31. The molecule has 30 heavy (non-hydrogen) atoms. The summed E-state index contributed by atoms with van der Waals surface area (Å²) in [6, 6.07) is 6.53. The molecule has 3 rings (SSSR count). The van der Waals surface area contributed by atoms with Gasteiger partial charge in [0.25, 0.3) is 0 Å². The molecule has 0 aliphatic heterocycles. The van der Waals surface area contributed by atoms with Crippen LogP contribution in [0, 0.1) is 0 Å². The number of hydrogen-bond acceptors (Lipinski definition) is 8. The van der Waals surface area contributed by atoms with Gasteiger partial charge in [0, 0.05) is 12.4 Å². The van der Waals surface area contributed by atoms with Crippen molar-refractivity contribution < 1.29 is 22.7 Å². The van der Waals surface area contributed by atoms with E-state index in [4.69, 9.17) is 4.74 Å². The van der Waals surface area contributed by atoms with Gasteiger partial charge in [-0.05, 0) is 31.2 Å². The maximum atomic E-state index is 13.2. The van der Waals surface area contributed by atoms with Gasteiger partial charge >= 0.3 is 12.1 Å². The Morgan fingerprint density at radius 3 is 2.60 bits per heavy atom. The van der Waals surface area contributed by atoms with Gasteiger partial charge in [-0.1, -0.05) is 29.6 Å². The molecule has 158 valence electrons. The number of esters is 1. The monoisotopic (exact) mass is 455 g/mol. The average Bonchev–Trinajstić information content (AvgIpc) is 3.14. The van der Waals surface area contributed by atoms with Crippen LogP contribution in [0.25, 0.3) is 5.69 Å². The van der Waals surface area contributed by atoms with Crippen LogP contribution in [0.15, 0.2) is 53.0 Å². The molecule has 3 aromatic rings. The van der Waals surface area contributed by atoms with E-state index < -0.39 is 17.7 Å². The zero-order chi connectivity index (χ0) is 21.6. The van der Waals surface area contributed by atoms with Crippen molar-refractivity contribution in [3.63, 3.8) is 0 Å². The van der Waals surface area contributed by atoms with E-state index in [9.17, 15) is 18.0 Å². The van der Waals surface area contributed by atoms with Gasteiger partial charge in [-0.3, -0.25) is 9.36 Å². The Balaban J connectivity index is 1.92. The number of benzene rings is 1. The maximum absolute atomic E-state index is 13.2. The minimum absolute atomic E-state index is 0.0418. The average molecular weight is 455 g/mol. The highest BCUT2D eigenvalue weighted by atomic mass is 32.2. The fraction of sp³-hybridized carbons (Fsp3) is 0.278. The lowest BCUT2D eigenvalue weighted by Gasteiger charge is -2.13. The lowest BCUT2D eigenvalue weighted by atomic mass is 10.2. The minimum Gasteiger partial charge on any atom is -0.465 e. The zero-order valence-corrected chi connectivity index (χ0v) is 17.3. The van der Waals surface area contributed by atoms with Crippen molar-refractivity contribution in [2.75, 3.05) is 12.4 Å². The molecule has 0 aliphatic carbocycles. The van der Waals surface area contributed by atoms with E-state index in [1.165, 1.54) is 28.5 Å². The van der Waals surface area contributed by atoms with Crippen molar-refractivity contribution in [1.29, 1.82) is 0 Å². The van der Waals surface area contributed by atoms with Crippen LogP contribution in [0.5, 0.6) is 0 Å². The Morgan fingerprint density at radius 2 is 1.90 bits per heavy atom. The van der Waals surface area contributed by atoms with Gasteiger partial charge < -0.3 is 4.74 Å². The van der Waals surface area contributed by atoms with Crippen molar-refractivity contribution >= 4 is 29.5 Å². The third-order valence-electron chi connectivity index (χ3n) is 3.63. The normalized spacial score (nSPS) is 11.5. The van der Waals surface area contributed by atoms with Gasteiger partial charge in [0.1, 0.15) is 5.82 Å². The second-order valence-electron chi connectivity index (χ2n) is 5.70. The fourth-order valence-corrected chi connectivity index (χ4v) is 3.87. The summed E-state index contributed by atoms with van der Waals surface area (Å²) < 4.78 is 46.0. The number of alkyl halides is 3. The number of rotatable bonds is 8. The predicted molar refractivity (Wildman–Crippen MR) is 105 cm³/mol. The number of halogens is 3. The first-order valence-electron chi connectivity index (χ1n) is 8.68. The SMILES string of the molecule is CCOC(=O)CSc1nnc(CSc2ncccn2)n1-c1cccc(C(F)(F)F)c1. The lowest BCUT2D eigenvalue weighted by molar-refractivity contribution is -0.140. The highest BCUT2D eigenvalue weighted by molar-refractivity contribution is 7.99. The number of hydrogen-bond donors (Lipinski definition) is 0. The van der Waals surface area contributed by atoms with Crippen molar-refractivity contribution in [3.05, 3.63) is 54.1 Å². The summed E-state index contributed by atoms with van der Waals surface area (Å²) in [6.45, 7) is 1.92. The first-order valence-corrected chi connectivity index (χ1v) is 10.7. The molecule has 0 fully saturated rings. The molecule has 0 atom stereocenters. The number of carbonyl (C=O) groups is 1. The standard InChI is InChI=1S/C18H16F3N5O2S2/c1-2-28-15(27)11-30-17-25-24-14(10-29-16-22-7-4-8-23-16)26(17)13-6-3-5-12(9-13)18(19,20)21/h3-9H,2,10-11H2,1H3. The number of carbonyl (C=O) groups excluding carboxylic acids is 1. The number of nitrogens with zero attached hydrogens (tertiary/aromatic N) is 5. The smallest absolute Gasteiger partial charge is 0.416 e. The van der Waals surface area contributed by atoms with E-state index in [1.807, 2.05) is 0 Å². The van der Waals surface area contributed by atoms with Crippen LogP contribution in [-0.4, -0.2) is 43.1 Å². The molecule has 0 saturated carbocycles. The fourth-order valence-electron chi connectivity index (χ4n) is 2.38. The van der Waals surface area contributed by atoms with Crippen molar-refractivity contribution in [1.82, 2.24) is 24.7 Å². The highest BCUT2D eigenvalue weighted by Crippen LogP contribution is 2.32. The van der Waals surface area contributed by atoms with Crippen molar-refractivity contribution in [3.8, 4) is 5.69 Å². The predicted octanol–water partition coefficient (Wildman–Crippen LogP) is 4.02. The van der Waals surface area contributed by atoms with Crippen LogP contribution in [0.3, 0.4) is 0 Å². The second kappa shape index (κ2) is 9.94. The molecule has 7 nitrogen and oxygen atoms in total. The summed E-state index contributed by atoms with van der Waals surface area (Å²) >= 11 is 2.31. The van der Waals surface area contributed by atoms with E-state index in [-0.39, 0.29) is 29.0 Å². The Hall–Kier alpha value is -2.60. The first-order chi connectivity index (χ1) is 14.4. The van der Waals surface area contributed by atoms with Crippen LogP contribution >= 0.6 is 23.5 Å². The van der Waals surface area contributed by atoms with Gasteiger partial charge in [-0.25, -0.2) is 9.97 Å². The Morgan fingerprint density at radius 1 is 1.13 bits per heavy atom. The molecule has 0 saturated heterocycles. The summed E-state index contributed by atoms with van der Waals surface area (Å²) in [4.78, 5) is 19.9. The summed E-state index contributed by atoms with van der Waals surface area (Å²) in [7, 11) is 0. The molecule has 0 radical (unpaired) electrons. The molecule has 0 spiro atoms. The molecule has 1 aromatic carbocycles. The van der Waals surface area contributed by atoms with Crippen molar-refractivity contribution in [2.45, 2.75) is 29.2 Å². The molecule has 0 N–H and O–H groups in total. The van der Waals surface area contributed by atoms with Gasteiger partial charge in [0.05, 0.1) is 29.4 Å². The summed E-state index contributed by atoms with van der Waals surface area (Å²) in [5.41, 5.74) is -0.550. The Labute approximate surface area is 178 Å². The molecule has 12 heteroatoms. The van der Waals surface area contributed by atoms with Gasteiger partial charge in [-0.15, -0.1) is 10.2 Å². The third kappa shape index (κ3) is 5.72. The molecule has 2 aromatic heterocycles. The van der Waals surface area contributed by atoms with Crippen LogP contribution in [0.1, 0.15) is 18.3 Å². The molecule has 0 bridgehead atoms. The highest BCUT2D eigenvalue weighted by Gasteiger charge is 2.31. The van der Waals surface area contributed by atoms with E-state index >= 15 is 0 Å². The van der Waals surface area contributed by atoms with Gasteiger partial charge in [-0.2, -0.15) is 13.2 Å². The molecule has 0 amide bonds. The summed E-state index contributed by atoms with van der Waals surface area (Å²) in [5.74, 6) is 0.181. The van der Waals surface area contributed by atoms with E-state index in [0.717, 1.165) is 23.9 Å². The van der Waals surface area contributed by atoms with E-state index in [0.29, 0.717) is 11.0 Å². The largest absolute Gasteiger partial charge is 0.465 e. The zero-order valence-electron chi connectivity index (χ0n) is 15.7. The quantitative estimate of drug-likeness (QED) is 0.286. The van der Waals surface area contributed by atoms with Crippen LogP contribution in [0.2, 0.25) is 0 Å². The topological polar surface area (TPSA) is 82.8 Å². The molecular formula is C18H16F3N5O2S2.